The summed E-state index contributed by atoms with van der Waals surface area (Å²) in [7, 11) is 0. The van der Waals surface area contributed by atoms with Gasteiger partial charge >= 0.3 is 0 Å². The van der Waals surface area contributed by atoms with Crippen molar-refractivity contribution < 1.29 is 9.90 Å². The van der Waals surface area contributed by atoms with Gasteiger partial charge in [-0.2, -0.15) is 0 Å². The largest absolute Gasteiger partial charge is 0.391 e. The third-order valence-corrected chi connectivity index (χ3v) is 3.61. The van der Waals surface area contributed by atoms with Gasteiger partial charge in [0.25, 0.3) is 0 Å². The van der Waals surface area contributed by atoms with Crippen LogP contribution in [0.25, 0.3) is 0 Å². The van der Waals surface area contributed by atoms with Crippen LogP contribution in [0.3, 0.4) is 0 Å². The van der Waals surface area contributed by atoms with Crippen molar-refractivity contribution in [2.75, 3.05) is 19.6 Å². The number of amides is 1. The van der Waals surface area contributed by atoms with E-state index in [-0.39, 0.29) is 17.4 Å². The van der Waals surface area contributed by atoms with Gasteiger partial charge in [0.15, 0.2) is 0 Å². The summed E-state index contributed by atoms with van der Waals surface area (Å²) in [5, 5.41) is 9.35. The van der Waals surface area contributed by atoms with Crippen LogP contribution < -0.4 is 5.73 Å². The molecule has 1 aliphatic carbocycles. The molecule has 3 N–H and O–H groups in total. The zero-order chi connectivity index (χ0) is 10.2. The number of carbonyl (C=O) groups excluding carboxylic acids is 1. The quantitative estimate of drug-likeness (QED) is 0.640. The number of likely N-dealkylation sites (tertiary alicyclic amines) is 1. The molecule has 0 bridgehead atoms. The monoisotopic (exact) mass is 198 g/mol. The Balaban J connectivity index is 2.00. The maximum Gasteiger partial charge on any atom is 0.230 e. The molecule has 1 saturated heterocycles. The summed E-state index contributed by atoms with van der Waals surface area (Å²) in [5.74, 6) is 0.169. The lowest BCUT2D eigenvalue weighted by atomic mass is 9.68. The molecule has 1 atom stereocenters. The van der Waals surface area contributed by atoms with Gasteiger partial charge in [-0.15, -0.1) is 0 Å². The van der Waals surface area contributed by atoms with E-state index in [1.54, 1.807) is 4.90 Å². The number of hydrogen-bond donors (Lipinski definition) is 2. The summed E-state index contributed by atoms with van der Waals surface area (Å²) in [6.07, 6.45) is 3.35. The van der Waals surface area contributed by atoms with Crippen molar-refractivity contribution in [2.45, 2.75) is 31.8 Å². The highest BCUT2D eigenvalue weighted by molar-refractivity contribution is 5.84. The number of nitrogens with zero attached hydrogens (tertiary/aromatic N) is 1. The molecule has 0 radical (unpaired) electrons. The molecule has 4 heteroatoms. The van der Waals surface area contributed by atoms with Gasteiger partial charge in [0.05, 0.1) is 11.5 Å². The van der Waals surface area contributed by atoms with Crippen LogP contribution in [0.5, 0.6) is 0 Å². The molecular weight excluding hydrogens is 180 g/mol. The van der Waals surface area contributed by atoms with Crippen LogP contribution in [0.15, 0.2) is 0 Å². The van der Waals surface area contributed by atoms with Crippen molar-refractivity contribution in [3.05, 3.63) is 0 Å². The Hall–Kier alpha value is -0.610. The van der Waals surface area contributed by atoms with E-state index >= 15 is 0 Å². The van der Waals surface area contributed by atoms with Gasteiger partial charge in [-0.1, -0.05) is 6.42 Å². The van der Waals surface area contributed by atoms with Crippen LogP contribution in [0.4, 0.5) is 0 Å². The molecule has 0 aromatic rings. The molecule has 0 aromatic heterocycles. The molecule has 1 aliphatic heterocycles. The summed E-state index contributed by atoms with van der Waals surface area (Å²) in [6, 6.07) is 0. The molecule has 0 aromatic carbocycles. The molecule has 1 amide bonds. The van der Waals surface area contributed by atoms with Crippen LogP contribution in [0.2, 0.25) is 0 Å². The normalized spacial score (nSPS) is 30.1. The van der Waals surface area contributed by atoms with Crippen LogP contribution in [0, 0.1) is 5.41 Å². The van der Waals surface area contributed by atoms with Crippen molar-refractivity contribution in [1.29, 1.82) is 0 Å². The van der Waals surface area contributed by atoms with Gasteiger partial charge in [-0.3, -0.25) is 4.79 Å². The van der Waals surface area contributed by atoms with Crippen LogP contribution >= 0.6 is 0 Å². The first-order valence-corrected chi connectivity index (χ1v) is 5.35. The average molecular weight is 198 g/mol. The van der Waals surface area contributed by atoms with Gasteiger partial charge in [-0.25, -0.2) is 0 Å². The van der Waals surface area contributed by atoms with E-state index in [2.05, 4.69) is 0 Å². The Kier molecular flexibility index (Phi) is 2.49. The van der Waals surface area contributed by atoms with Crippen molar-refractivity contribution >= 4 is 5.91 Å². The Bertz CT molecular complexity index is 233. The lowest BCUT2D eigenvalue weighted by molar-refractivity contribution is -0.145. The van der Waals surface area contributed by atoms with Crippen LogP contribution in [-0.2, 0) is 4.79 Å². The number of β-amino-alcohol motifs (C(OH)–C–C–N with tert-alkyl or cyclic N) is 1. The standard InChI is InChI=1S/C10H18N2O2/c11-7-10(3-1-4-10)9(14)12-5-2-8(13)6-12/h8,13H,1-7,11H2/t8-/m0/s1. The van der Waals surface area contributed by atoms with E-state index in [9.17, 15) is 9.90 Å². The molecule has 2 fully saturated rings. The number of rotatable bonds is 2. The molecule has 1 heterocycles. The maximum absolute atomic E-state index is 12.1. The van der Waals surface area contributed by atoms with Crippen molar-refractivity contribution in [3.63, 3.8) is 0 Å². The molecule has 2 aliphatic rings. The smallest absolute Gasteiger partial charge is 0.230 e. The van der Waals surface area contributed by atoms with Gasteiger partial charge < -0.3 is 15.7 Å². The number of hydrogen-bond acceptors (Lipinski definition) is 3. The molecule has 4 nitrogen and oxygen atoms in total. The summed E-state index contributed by atoms with van der Waals surface area (Å²) in [6.45, 7) is 1.65. The molecule has 0 spiro atoms. The van der Waals surface area contributed by atoms with Gasteiger partial charge in [0.1, 0.15) is 0 Å². The number of carbonyl (C=O) groups is 1. The van der Waals surface area contributed by atoms with E-state index in [1.807, 2.05) is 0 Å². The Morgan fingerprint density at radius 1 is 1.57 bits per heavy atom. The Labute approximate surface area is 84.1 Å². The lowest BCUT2D eigenvalue weighted by Crippen LogP contribution is -2.51. The van der Waals surface area contributed by atoms with Crippen molar-refractivity contribution in [3.8, 4) is 0 Å². The highest BCUT2D eigenvalue weighted by Gasteiger charge is 2.46. The minimum atomic E-state index is -0.325. The molecule has 14 heavy (non-hydrogen) atoms. The average Bonchev–Trinajstić information content (AvgIpc) is 2.50. The molecule has 80 valence electrons. The van der Waals surface area contributed by atoms with E-state index in [0.29, 0.717) is 26.1 Å². The minimum Gasteiger partial charge on any atom is -0.391 e. The summed E-state index contributed by atoms with van der Waals surface area (Å²) >= 11 is 0. The number of nitrogens with two attached hydrogens (primary N) is 1. The second-order valence-electron chi connectivity index (χ2n) is 4.53. The minimum absolute atomic E-state index is 0.169. The summed E-state index contributed by atoms with van der Waals surface area (Å²) < 4.78 is 0. The zero-order valence-corrected chi connectivity index (χ0v) is 8.41. The fourth-order valence-electron chi connectivity index (χ4n) is 2.37. The molecule has 1 saturated carbocycles. The summed E-state index contributed by atoms with van der Waals surface area (Å²) in [5.41, 5.74) is 5.39. The third kappa shape index (κ3) is 1.42. The first kappa shape index (κ1) is 9.93. The first-order chi connectivity index (χ1) is 6.68. The number of aliphatic hydroxyl groups excluding tert-OH is 1. The fourth-order valence-corrected chi connectivity index (χ4v) is 2.37. The topological polar surface area (TPSA) is 66.6 Å². The Morgan fingerprint density at radius 2 is 2.29 bits per heavy atom. The van der Waals surface area contributed by atoms with E-state index in [4.69, 9.17) is 5.73 Å². The molecule has 2 rings (SSSR count). The van der Waals surface area contributed by atoms with Crippen molar-refractivity contribution in [2.24, 2.45) is 11.1 Å². The predicted molar refractivity (Wildman–Crippen MR) is 52.5 cm³/mol. The number of aliphatic hydroxyl groups is 1. The van der Waals surface area contributed by atoms with Gasteiger partial charge in [0.2, 0.25) is 5.91 Å². The highest BCUT2D eigenvalue weighted by atomic mass is 16.3. The van der Waals surface area contributed by atoms with E-state index in [1.165, 1.54) is 0 Å². The second-order valence-corrected chi connectivity index (χ2v) is 4.53. The fraction of sp³-hybridized carbons (Fsp3) is 0.900. The first-order valence-electron chi connectivity index (χ1n) is 5.35. The van der Waals surface area contributed by atoms with Gasteiger partial charge in [-0.05, 0) is 19.3 Å². The summed E-state index contributed by atoms with van der Waals surface area (Å²) in [4.78, 5) is 13.8. The maximum atomic E-state index is 12.1. The van der Waals surface area contributed by atoms with E-state index in [0.717, 1.165) is 19.3 Å². The highest BCUT2D eigenvalue weighted by Crippen LogP contribution is 2.42. The lowest BCUT2D eigenvalue weighted by Gasteiger charge is -2.41. The van der Waals surface area contributed by atoms with Crippen molar-refractivity contribution in [1.82, 2.24) is 4.90 Å². The zero-order valence-electron chi connectivity index (χ0n) is 8.41. The Morgan fingerprint density at radius 3 is 2.64 bits per heavy atom. The van der Waals surface area contributed by atoms with Crippen LogP contribution in [0.1, 0.15) is 25.7 Å². The molecular formula is C10H18N2O2. The van der Waals surface area contributed by atoms with E-state index < -0.39 is 0 Å². The SMILES string of the molecule is NCC1(C(=O)N2CC[C@H](O)C2)CCC1. The molecule has 0 unspecified atom stereocenters. The second kappa shape index (κ2) is 3.51. The van der Waals surface area contributed by atoms with Crippen LogP contribution in [-0.4, -0.2) is 41.7 Å². The third-order valence-electron chi connectivity index (χ3n) is 3.61. The van der Waals surface area contributed by atoms with Gasteiger partial charge in [0, 0.05) is 19.6 Å². The predicted octanol–water partition coefficient (Wildman–Crippen LogP) is -0.291.